The molecule has 2 aliphatic rings. The summed E-state index contributed by atoms with van der Waals surface area (Å²) in [6.07, 6.45) is 2.90. The monoisotopic (exact) mass is 517 g/mol. The van der Waals surface area contributed by atoms with E-state index in [-0.39, 0.29) is 6.10 Å². The van der Waals surface area contributed by atoms with E-state index in [2.05, 4.69) is 25.9 Å². The Kier molecular flexibility index (Phi) is 6.20. The summed E-state index contributed by atoms with van der Waals surface area (Å²) in [7, 11) is 0. The highest BCUT2D eigenvalue weighted by Crippen LogP contribution is 2.30. The van der Waals surface area contributed by atoms with Crippen LogP contribution in [0.4, 0.5) is 20.7 Å². The van der Waals surface area contributed by atoms with Crippen LogP contribution in [0.3, 0.4) is 0 Å². The van der Waals surface area contributed by atoms with Crippen molar-refractivity contribution in [3.63, 3.8) is 0 Å². The summed E-state index contributed by atoms with van der Waals surface area (Å²) in [5.74, 6) is 0.118. The lowest BCUT2D eigenvalue weighted by atomic mass is 9.99. The Hall–Kier alpha value is -4.74. The number of aryl methyl sites for hydroxylation is 1. The molecule has 1 amide bonds. The molecule has 2 atom stereocenters. The van der Waals surface area contributed by atoms with Crippen molar-refractivity contribution in [1.29, 1.82) is 0 Å². The van der Waals surface area contributed by atoms with Crippen molar-refractivity contribution < 1.29 is 23.3 Å². The van der Waals surface area contributed by atoms with Crippen LogP contribution >= 0.6 is 0 Å². The number of oxime groups is 1. The number of nitrogens with zero attached hydrogens (tertiary/aromatic N) is 6. The number of hydrogen-bond acceptors (Lipinski definition) is 9. The summed E-state index contributed by atoms with van der Waals surface area (Å²) in [4.78, 5) is 19.4. The average molecular weight is 518 g/mol. The summed E-state index contributed by atoms with van der Waals surface area (Å²) in [6, 6.07) is 13.9. The van der Waals surface area contributed by atoms with Crippen LogP contribution in [0.1, 0.15) is 17.7 Å². The molecule has 0 spiro atoms. The minimum Gasteiger partial charge on any atom is -0.442 e. The standard InChI is InChI=1S/C26H24FN7O4/c1-16-13-33(32-29-16)14-20-11-24(30-38-20)18-4-2-17(3-5-18)22-7-6-19(10-23(22)27)34-15-21(37-26(34)35)12-28-25-8-9-36-31-25/h2-10,13,20-21H,11-12,14-15H2,1H3,(H,28,31)/t20?,21-/m0/s1. The molecule has 38 heavy (non-hydrogen) atoms. The van der Waals surface area contributed by atoms with E-state index in [0.29, 0.717) is 48.7 Å². The molecule has 194 valence electrons. The van der Waals surface area contributed by atoms with E-state index in [4.69, 9.17) is 14.1 Å². The quantitative estimate of drug-likeness (QED) is 0.372. The van der Waals surface area contributed by atoms with Crippen LogP contribution in [-0.2, 0) is 16.1 Å². The molecule has 6 rings (SSSR count). The van der Waals surface area contributed by atoms with Gasteiger partial charge in [-0.2, -0.15) is 0 Å². The summed E-state index contributed by atoms with van der Waals surface area (Å²) < 4.78 is 27.1. The maximum absolute atomic E-state index is 15.1. The van der Waals surface area contributed by atoms with E-state index >= 15 is 4.39 Å². The van der Waals surface area contributed by atoms with E-state index in [9.17, 15) is 4.79 Å². The fourth-order valence-corrected chi connectivity index (χ4v) is 4.50. The van der Waals surface area contributed by atoms with Gasteiger partial charge in [-0.15, -0.1) is 5.10 Å². The predicted molar refractivity (Wildman–Crippen MR) is 135 cm³/mol. The Balaban J connectivity index is 1.08. The van der Waals surface area contributed by atoms with Gasteiger partial charge in [0.25, 0.3) is 0 Å². The van der Waals surface area contributed by atoms with Crippen LogP contribution in [-0.4, -0.2) is 57.3 Å². The van der Waals surface area contributed by atoms with Gasteiger partial charge in [0.2, 0.25) is 0 Å². The summed E-state index contributed by atoms with van der Waals surface area (Å²) in [5, 5.41) is 19.1. The molecule has 0 saturated carbocycles. The molecule has 1 fully saturated rings. The molecule has 1 N–H and O–H groups in total. The Morgan fingerprint density at radius 3 is 2.68 bits per heavy atom. The molecule has 1 unspecified atom stereocenters. The van der Waals surface area contributed by atoms with Gasteiger partial charge in [-0.1, -0.05) is 39.8 Å². The van der Waals surface area contributed by atoms with E-state index < -0.39 is 18.0 Å². The number of carbonyl (C=O) groups excluding carboxylic acids is 1. The topological polar surface area (TPSA) is 120 Å². The predicted octanol–water partition coefficient (Wildman–Crippen LogP) is 4.01. The molecular formula is C26H24FN7O4. The summed E-state index contributed by atoms with van der Waals surface area (Å²) in [6.45, 7) is 3.10. The van der Waals surface area contributed by atoms with Gasteiger partial charge in [-0.3, -0.25) is 4.90 Å². The molecular weight excluding hydrogens is 493 g/mol. The number of amides is 1. The summed E-state index contributed by atoms with van der Waals surface area (Å²) in [5.41, 5.74) is 4.16. The number of hydrogen-bond donors (Lipinski definition) is 1. The Morgan fingerprint density at radius 2 is 1.95 bits per heavy atom. The molecule has 0 bridgehead atoms. The molecule has 2 aliphatic heterocycles. The third kappa shape index (κ3) is 4.92. The number of cyclic esters (lactones) is 1. The molecule has 2 aromatic heterocycles. The number of benzene rings is 2. The average Bonchev–Trinajstić information content (AvgIpc) is 3.72. The molecule has 0 radical (unpaired) electrons. The molecule has 0 aliphatic carbocycles. The number of halogens is 1. The minimum atomic E-state index is -0.523. The van der Waals surface area contributed by atoms with Crippen molar-refractivity contribution in [2.45, 2.75) is 32.1 Å². The molecule has 11 nitrogen and oxygen atoms in total. The maximum atomic E-state index is 15.1. The van der Waals surface area contributed by atoms with Crippen LogP contribution < -0.4 is 10.2 Å². The third-order valence-electron chi connectivity index (χ3n) is 6.39. The van der Waals surface area contributed by atoms with Crippen molar-refractivity contribution in [2.24, 2.45) is 5.16 Å². The van der Waals surface area contributed by atoms with Gasteiger partial charge < -0.3 is 19.4 Å². The number of rotatable bonds is 8. The van der Waals surface area contributed by atoms with Crippen molar-refractivity contribution in [3.8, 4) is 11.1 Å². The second-order valence-electron chi connectivity index (χ2n) is 9.17. The first-order valence-electron chi connectivity index (χ1n) is 12.1. The van der Waals surface area contributed by atoms with E-state index in [0.717, 1.165) is 17.0 Å². The lowest BCUT2D eigenvalue weighted by Crippen LogP contribution is -2.27. The molecule has 2 aromatic carbocycles. The highest BCUT2D eigenvalue weighted by molar-refractivity contribution is 6.01. The zero-order valence-corrected chi connectivity index (χ0v) is 20.5. The first-order valence-corrected chi connectivity index (χ1v) is 12.1. The van der Waals surface area contributed by atoms with Gasteiger partial charge in [0.1, 0.15) is 18.2 Å². The van der Waals surface area contributed by atoms with E-state index in [1.165, 1.54) is 17.2 Å². The fourth-order valence-electron chi connectivity index (χ4n) is 4.50. The SMILES string of the molecule is Cc1cn(CC2CC(c3ccc(-c4ccc(N5C[C@H](CNc6ccon6)OC5=O)cc4F)cc3)=NO2)nn1. The molecule has 4 heterocycles. The van der Waals surface area contributed by atoms with Crippen LogP contribution in [0.25, 0.3) is 11.1 Å². The number of nitrogens with one attached hydrogen (secondary N) is 1. The van der Waals surface area contributed by atoms with Crippen LogP contribution in [0.2, 0.25) is 0 Å². The van der Waals surface area contributed by atoms with Gasteiger partial charge in [0.15, 0.2) is 11.9 Å². The van der Waals surface area contributed by atoms with Gasteiger partial charge >= 0.3 is 6.09 Å². The normalized spacial score (nSPS) is 18.8. The van der Waals surface area contributed by atoms with Crippen molar-refractivity contribution in [1.82, 2.24) is 20.2 Å². The van der Waals surface area contributed by atoms with Crippen molar-refractivity contribution >= 4 is 23.3 Å². The van der Waals surface area contributed by atoms with Gasteiger partial charge in [0, 0.05) is 24.2 Å². The Labute approximate surface area is 216 Å². The Morgan fingerprint density at radius 1 is 1.11 bits per heavy atom. The van der Waals surface area contributed by atoms with Gasteiger partial charge in [-0.25, -0.2) is 13.9 Å². The zero-order chi connectivity index (χ0) is 26.1. The first kappa shape index (κ1) is 23.6. The van der Waals surface area contributed by atoms with Crippen molar-refractivity contribution in [2.75, 3.05) is 23.3 Å². The first-order chi connectivity index (χ1) is 18.5. The zero-order valence-electron chi connectivity index (χ0n) is 20.5. The van der Waals surface area contributed by atoms with Crippen LogP contribution in [0.5, 0.6) is 0 Å². The third-order valence-corrected chi connectivity index (χ3v) is 6.39. The fraction of sp³-hybridized carbons (Fsp3) is 0.269. The maximum Gasteiger partial charge on any atom is 0.414 e. The highest BCUT2D eigenvalue weighted by Gasteiger charge is 2.32. The number of carbonyl (C=O) groups is 1. The van der Waals surface area contributed by atoms with Gasteiger partial charge in [0.05, 0.1) is 36.7 Å². The largest absolute Gasteiger partial charge is 0.442 e. The van der Waals surface area contributed by atoms with E-state index in [1.54, 1.807) is 22.9 Å². The Bertz CT molecular complexity index is 1470. The lowest BCUT2D eigenvalue weighted by molar-refractivity contribution is 0.0693. The van der Waals surface area contributed by atoms with E-state index in [1.807, 2.05) is 37.4 Å². The number of ether oxygens (including phenoxy) is 1. The van der Waals surface area contributed by atoms with Crippen LogP contribution in [0.15, 0.2) is 70.7 Å². The molecule has 1 saturated heterocycles. The van der Waals surface area contributed by atoms with Gasteiger partial charge in [-0.05, 0) is 36.2 Å². The molecule has 12 heteroatoms. The van der Waals surface area contributed by atoms with Crippen LogP contribution in [0, 0.1) is 12.7 Å². The van der Waals surface area contributed by atoms with Crippen molar-refractivity contribution in [3.05, 3.63) is 78.1 Å². The lowest BCUT2D eigenvalue weighted by Gasteiger charge is -2.15. The summed E-state index contributed by atoms with van der Waals surface area (Å²) >= 11 is 0. The number of anilines is 2. The highest BCUT2D eigenvalue weighted by atomic mass is 19.1. The smallest absolute Gasteiger partial charge is 0.414 e. The second-order valence-corrected chi connectivity index (χ2v) is 9.17. The molecule has 4 aromatic rings. The second kappa shape index (κ2) is 9.96. The minimum absolute atomic E-state index is 0.120. The number of aromatic nitrogens is 4.